The van der Waals surface area contributed by atoms with Gasteiger partial charge < -0.3 is 10.3 Å². The maximum atomic E-state index is 13.2. The highest BCUT2D eigenvalue weighted by Gasteiger charge is 2.26. The predicted octanol–water partition coefficient (Wildman–Crippen LogP) is 6.04. The van der Waals surface area contributed by atoms with Gasteiger partial charge in [0.15, 0.2) is 0 Å². The van der Waals surface area contributed by atoms with Gasteiger partial charge in [0.1, 0.15) is 10.7 Å². The summed E-state index contributed by atoms with van der Waals surface area (Å²) in [5.41, 5.74) is 5.64. The minimum atomic E-state index is -0.202. The van der Waals surface area contributed by atoms with Crippen molar-refractivity contribution in [3.05, 3.63) is 64.9 Å². The second-order valence-electron chi connectivity index (χ2n) is 10.1. The molecule has 1 aliphatic heterocycles. The lowest BCUT2D eigenvalue weighted by molar-refractivity contribution is 0.102. The number of aromatic amines is 2. The van der Waals surface area contributed by atoms with Crippen LogP contribution in [-0.2, 0) is 6.54 Å². The molecular formula is C27H28N6OS. The van der Waals surface area contributed by atoms with Gasteiger partial charge in [-0.3, -0.25) is 14.8 Å². The van der Waals surface area contributed by atoms with E-state index in [4.69, 9.17) is 0 Å². The van der Waals surface area contributed by atoms with Crippen molar-refractivity contribution in [2.24, 2.45) is 5.41 Å². The Bertz CT molecular complexity index is 1520. The Balaban J connectivity index is 1.24. The van der Waals surface area contributed by atoms with Crippen molar-refractivity contribution >= 4 is 44.7 Å². The number of fused-ring (bicyclic) bond motifs is 2. The number of benzene rings is 2. The SMILES string of the molecule is CC1(C)CCN(Cc2nc(C(=O)Nc3cc(-c4cccc5[nH]ccc45)cc4[nH]ncc34)cs2)CC1. The molecule has 7 nitrogen and oxygen atoms in total. The lowest BCUT2D eigenvalue weighted by Gasteiger charge is -2.36. The van der Waals surface area contributed by atoms with Crippen molar-refractivity contribution in [2.45, 2.75) is 33.2 Å². The van der Waals surface area contributed by atoms with Crippen LogP contribution in [0.4, 0.5) is 5.69 Å². The molecular weight excluding hydrogens is 456 g/mol. The first kappa shape index (κ1) is 22.0. The minimum absolute atomic E-state index is 0.202. The monoisotopic (exact) mass is 484 g/mol. The number of nitrogens with zero attached hydrogens (tertiary/aromatic N) is 3. The zero-order chi connectivity index (χ0) is 24.0. The van der Waals surface area contributed by atoms with E-state index < -0.39 is 0 Å². The Morgan fingerprint density at radius 1 is 1.14 bits per heavy atom. The Labute approximate surface area is 207 Å². The largest absolute Gasteiger partial charge is 0.361 e. The molecule has 3 N–H and O–H groups in total. The van der Waals surface area contributed by atoms with Crippen LogP contribution in [0.5, 0.6) is 0 Å². The quantitative estimate of drug-likeness (QED) is 0.284. The molecule has 0 bridgehead atoms. The summed E-state index contributed by atoms with van der Waals surface area (Å²) >= 11 is 1.55. The average Bonchev–Trinajstić information content (AvgIpc) is 3.60. The Kier molecular flexibility index (Phi) is 5.42. The maximum Gasteiger partial charge on any atom is 0.275 e. The highest BCUT2D eigenvalue weighted by molar-refractivity contribution is 7.09. The van der Waals surface area contributed by atoms with Gasteiger partial charge in [-0.15, -0.1) is 11.3 Å². The molecule has 0 unspecified atom stereocenters. The molecule has 6 rings (SSSR count). The van der Waals surface area contributed by atoms with E-state index in [1.807, 2.05) is 23.7 Å². The van der Waals surface area contributed by atoms with Gasteiger partial charge in [-0.2, -0.15) is 5.10 Å². The zero-order valence-corrected chi connectivity index (χ0v) is 20.7. The number of carbonyl (C=O) groups excluding carboxylic acids is 1. The number of carbonyl (C=O) groups is 1. The first-order valence-electron chi connectivity index (χ1n) is 12.0. The number of amides is 1. The van der Waals surface area contributed by atoms with Crippen molar-refractivity contribution < 1.29 is 4.79 Å². The fourth-order valence-electron chi connectivity index (χ4n) is 4.83. The fraction of sp³-hybridized carbons (Fsp3) is 0.296. The summed E-state index contributed by atoms with van der Waals surface area (Å²) in [6, 6.07) is 12.3. The highest BCUT2D eigenvalue weighted by Crippen LogP contribution is 2.34. The second-order valence-corrected chi connectivity index (χ2v) is 11.1. The number of anilines is 1. The predicted molar refractivity (Wildman–Crippen MR) is 142 cm³/mol. The second kappa shape index (κ2) is 8.62. The molecule has 0 aliphatic carbocycles. The Morgan fingerprint density at radius 3 is 2.86 bits per heavy atom. The van der Waals surface area contributed by atoms with Gasteiger partial charge in [0, 0.05) is 27.9 Å². The van der Waals surface area contributed by atoms with E-state index in [1.165, 1.54) is 12.8 Å². The van der Waals surface area contributed by atoms with Crippen LogP contribution in [-0.4, -0.2) is 44.1 Å². The number of H-pyrrole nitrogens is 2. The number of hydrogen-bond donors (Lipinski definition) is 3. The third-order valence-corrected chi connectivity index (χ3v) is 7.90. The molecule has 178 valence electrons. The summed E-state index contributed by atoms with van der Waals surface area (Å²) in [5, 5.41) is 15.2. The van der Waals surface area contributed by atoms with Gasteiger partial charge in [-0.25, -0.2) is 4.98 Å². The molecule has 1 aliphatic rings. The third-order valence-electron chi connectivity index (χ3n) is 7.07. The Hall–Kier alpha value is -3.49. The smallest absolute Gasteiger partial charge is 0.275 e. The van der Waals surface area contributed by atoms with Gasteiger partial charge in [0.05, 0.1) is 23.9 Å². The number of thiazole rings is 1. The molecule has 35 heavy (non-hydrogen) atoms. The molecule has 0 radical (unpaired) electrons. The van der Waals surface area contributed by atoms with Crippen LogP contribution in [0.25, 0.3) is 32.9 Å². The van der Waals surface area contributed by atoms with Crippen molar-refractivity contribution in [3.63, 3.8) is 0 Å². The summed E-state index contributed by atoms with van der Waals surface area (Å²) < 4.78 is 0. The maximum absolute atomic E-state index is 13.2. The molecule has 0 atom stereocenters. The lowest BCUT2D eigenvalue weighted by Crippen LogP contribution is -2.36. The Morgan fingerprint density at radius 2 is 2.00 bits per heavy atom. The van der Waals surface area contributed by atoms with Crippen molar-refractivity contribution in [1.82, 2.24) is 25.1 Å². The summed E-state index contributed by atoms with van der Waals surface area (Å²) in [7, 11) is 0. The van der Waals surface area contributed by atoms with Crippen LogP contribution in [0.1, 0.15) is 42.2 Å². The van der Waals surface area contributed by atoms with Crippen LogP contribution in [0, 0.1) is 5.41 Å². The molecule has 1 amide bonds. The number of piperidine rings is 1. The van der Waals surface area contributed by atoms with E-state index in [1.54, 1.807) is 17.5 Å². The fourth-order valence-corrected chi connectivity index (χ4v) is 5.64. The molecule has 0 spiro atoms. The van der Waals surface area contributed by atoms with Crippen LogP contribution in [0.15, 0.2) is 54.2 Å². The van der Waals surface area contributed by atoms with Gasteiger partial charge in [-0.1, -0.05) is 26.0 Å². The van der Waals surface area contributed by atoms with E-state index in [0.717, 1.165) is 63.3 Å². The molecule has 0 saturated carbocycles. The van der Waals surface area contributed by atoms with E-state index in [9.17, 15) is 4.79 Å². The van der Waals surface area contributed by atoms with E-state index in [0.29, 0.717) is 11.1 Å². The van der Waals surface area contributed by atoms with Crippen LogP contribution in [0.2, 0.25) is 0 Å². The van der Waals surface area contributed by atoms with Gasteiger partial charge in [-0.05, 0) is 66.7 Å². The minimum Gasteiger partial charge on any atom is -0.361 e. The van der Waals surface area contributed by atoms with Crippen LogP contribution in [0.3, 0.4) is 0 Å². The zero-order valence-electron chi connectivity index (χ0n) is 19.9. The topological polar surface area (TPSA) is 89.7 Å². The van der Waals surface area contributed by atoms with Crippen molar-refractivity contribution in [1.29, 1.82) is 0 Å². The van der Waals surface area contributed by atoms with Gasteiger partial charge >= 0.3 is 0 Å². The molecule has 3 aromatic heterocycles. The number of rotatable bonds is 5. The third kappa shape index (κ3) is 4.35. The van der Waals surface area contributed by atoms with Crippen molar-refractivity contribution in [3.8, 4) is 11.1 Å². The number of hydrogen-bond acceptors (Lipinski definition) is 5. The molecule has 5 aromatic rings. The van der Waals surface area contributed by atoms with Gasteiger partial charge in [0.25, 0.3) is 5.91 Å². The molecule has 2 aromatic carbocycles. The van der Waals surface area contributed by atoms with Crippen LogP contribution >= 0.6 is 11.3 Å². The van der Waals surface area contributed by atoms with E-state index in [2.05, 4.69) is 68.5 Å². The number of likely N-dealkylation sites (tertiary alicyclic amines) is 1. The van der Waals surface area contributed by atoms with Crippen molar-refractivity contribution in [2.75, 3.05) is 18.4 Å². The molecule has 1 saturated heterocycles. The summed E-state index contributed by atoms with van der Waals surface area (Å²) in [5.74, 6) is -0.202. The normalized spacial score (nSPS) is 16.2. The van der Waals surface area contributed by atoms with Crippen LogP contribution < -0.4 is 5.32 Å². The lowest BCUT2D eigenvalue weighted by atomic mass is 9.83. The van der Waals surface area contributed by atoms with Gasteiger partial charge in [0.2, 0.25) is 0 Å². The number of nitrogens with one attached hydrogen (secondary N) is 3. The summed E-state index contributed by atoms with van der Waals surface area (Å²) in [4.78, 5) is 23.5. The first-order valence-corrected chi connectivity index (χ1v) is 12.8. The summed E-state index contributed by atoms with van der Waals surface area (Å²) in [6.45, 7) is 7.62. The highest BCUT2D eigenvalue weighted by atomic mass is 32.1. The van der Waals surface area contributed by atoms with E-state index in [-0.39, 0.29) is 5.91 Å². The number of aromatic nitrogens is 4. The van der Waals surface area contributed by atoms with E-state index >= 15 is 0 Å². The molecule has 1 fully saturated rings. The molecule has 4 heterocycles. The first-order chi connectivity index (χ1) is 16.9. The molecule has 8 heteroatoms. The summed E-state index contributed by atoms with van der Waals surface area (Å²) in [6.07, 6.45) is 6.07. The average molecular weight is 485 g/mol. The standard InChI is InChI=1S/C27H28N6OS/c1-27(2)7-10-33(11-8-27)15-25-30-24(16-35-25)26(34)31-22-12-17(13-23-20(22)14-29-32-23)18-4-3-5-21-19(18)6-9-28-21/h3-6,9,12-14,16,28H,7-8,10-11,15H2,1-2H3,(H,29,32)(H,31,34).